The lowest BCUT2D eigenvalue weighted by atomic mass is 9.80. The fourth-order valence-electron chi connectivity index (χ4n) is 4.13. The molecule has 1 saturated carbocycles. The van der Waals surface area contributed by atoms with Crippen LogP contribution in [0.2, 0.25) is 0 Å². The van der Waals surface area contributed by atoms with Gasteiger partial charge < -0.3 is 9.80 Å². The summed E-state index contributed by atoms with van der Waals surface area (Å²) in [5, 5.41) is 0. The van der Waals surface area contributed by atoms with Crippen LogP contribution in [0.15, 0.2) is 0 Å². The minimum Gasteiger partial charge on any atom is -0.331 e. The Bertz CT molecular complexity index is 396. The Morgan fingerprint density at radius 3 is 2.60 bits per heavy atom. The number of amides is 2. The molecule has 2 aliphatic heterocycles. The molecule has 20 heavy (non-hydrogen) atoms. The van der Waals surface area contributed by atoms with E-state index in [9.17, 15) is 9.59 Å². The van der Waals surface area contributed by atoms with Crippen LogP contribution in [0, 0.1) is 11.8 Å². The first-order valence-corrected chi connectivity index (χ1v) is 8.25. The number of fused-ring (bicyclic) bond motifs is 1. The SMILES string of the molecule is CC1CCCCC1CN1CC(=O)N2CCCCC2C1=O. The van der Waals surface area contributed by atoms with Gasteiger partial charge in [0.05, 0.1) is 6.54 Å². The van der Waals surface area contributed by atoms with Gasteiger partial charge in [0.15, 0.2) is 0 Å². The highest BCUT2D eigenvalue weighted by molar-refractivity contribution is 5.95. The summed E-state index contributed by atoms with van der Waals surface area (Å²) in [7, 11) is 0. The first-order chi connectivity index (χ1) is 9.66. The summed E-state index contributed by atoms with van der Waals surface area (Å²) in [5.74, 6) is 1.66. The van der Waals surface area contributed by atoms with Gasteiger partial charge in [0.1, 0.15) is 6.04 Å². The van der Waals surface area contributed by atoms with Gasteiger partial charge in [-0.25, -0.2) is 0 Å². The zero-order valence-electron chi connectivity index (χ0n) is 12.5. The molecule has 3 unspecified atom stereocenters. The van der Waals surface area contributed by atoms with Crippen molar-refractivity contribution in [3.63, 3.8) is 0 Å². The average molecular weight is 278 g/mol. The summed E-state index contributed by atoms with van der Waals surface area (Å²) in [6, 6.07) is -0.149. The molecule has 112 valence electrons. The molecule has 4 nitrogen and oxygen atoms in total. The van der Waals surface area contributed by atoms with Crippen LogP contribution in [-0.2, 0) is 9.59 Å². The molecule has 3 fully saturated rings. The lowest BCUT2D eigenvalue weighted by Gasteiger charge is -2.44. The van der Waals surface area contributed by atoms with Crippen LogP contribution in [0.3, 0.4) is 0 Å². The van der Waals surface area contributed by atoms with Crippen molar-refractivity contribution in [2.24, 2.45) is 11.8 Å². The lowest BCUT2D eigenvalue weighted by Crippen LogP contribution is -2.62. The third-order valence-corrected chi connectivity index (χ3v) is 5.49. The highest BCUT2D eigenvalue weighted by Gasteiger charge is 2.41. The molecular formula is C16H26N2O2. The normalized spacial score (nSPS) is 35.1. The molecule has 0 spiro atoms. The maximum atomic E-state index is 12.6. The van der Waals surface area contributed by atoms with E-state index in [4.69, 9.17) is 0 Å². The second-order valence-corrected chi connectivity index (χ2v) is 6.84. The summed E-state index contributed by atoms with van der Waals surface area (Å²) in [6.45, 7) is 4.20. The van der Waals surface area contributed by atoms with E-state index >= 15 is 0 Å². The van der Waals surface area contributed by atoms with Crippen molar-refractivity contribution in [1.82, 2.24) is 9.80 Å². The van der Waals surface area contributed by atoms with E-state index in [2.05, 4.69) is 6.92 Å². The molecule has 3 rings (SSSR count). The second kappa shape index (κ2) is 5.74. The first-order valence-electron chi connectivity index (χ1n) is 8.25. The predicted octanol–water partition coefficient (Wildman–Crippen LogP) is 2.04. The van der Waals surface area contributed by atoms with Gasteiger partial charge >= 0.3 is 0 Å². The summed E-state index contributed by atoms with van der Waals surface area (Å²) < 4.78 is 0. The quantitative estimate of drug-likeness (QED) is 0.775. The molecule has 2 saturated heterocycles. The lowest BCUT2D eigenvalue weighted by molar-refractivity contribution is -0.158. The number of piperazine rings is 1. The Morgan fingerprint density at radius 2 is 1.80 bits per heavy atom. The molecule has 3 aliphatic rings. The molecule has 0 aromatic rings. The maximum Gasteiger partial charge on any atom is 0.245 e. The van der Waals surface area contributed by atoms with Crippen LogP contribution in [0.25, 0.3) is 0 Å². The molecule has 0 aromatic heterocycles. The highest BCUT2D eigenvalue weighted by Crippen LogP contribution is 2.31. The van der Waals surface area contributed by atoms with Gasteiger partial charge in [0.25, 0.3) is 0 Å². The molecule has 0 aromatic carbocycles. The van der Waals surface area contributed by atoms with E-state index in [0.29, 0.717) is 18.4 Å². The smallest absolute Gasteiger partial charge is 0.245 e. The summed E-state index contributed by atoms with van der Waals surface area (Å²) in [5.41, 5.74) is 0. The zero-order chi connectivity index (χ0) is 14.1. The van der Waals surface area contributed by atoms with Crippen LogP contribution in [0.1, 0.15) is 51.9 Å². The molecule has 0 radical (unpaired) electrons. The van der Waals surface area contributed by atoms with E-state index in [0.717, 1.165) is 32.4 Å². The number of piperidine rings is 1. The largest absolute Gasteiger partial charge is 0.331 e. The molecule has 1 aliphatic carbocycles. The first kappa shape index (κ1) is 13.9. The van der Waals surface area contributed by atoms with E-state index in [-0.39, 0.29) is 17.9 Å². The zero-order valence-corrected chi connectivity index (χ0v) is 12.5. The van der Waals surface area contributed by atoms with Gasteiger partial charge in [0, 0.05) is 13.1 Å². The Labute approximate surface area is 121 Å². The number of rotatable bonds is 2. The van der Waals surface area contributed by atoms with Crippen LogP contribution in [0.5, 0.6) is 0 Å². The van der Waals surface area contributed by atoms with Gasteiger partial charge in [0.2, 0.25) is 11.8 Å². The van der Waals surface area contributed by atoms with Crippen LogP contribution < -0.4 is 0 Å². The Hall–Kier alpha value is -1.06. The van der Waals surface area contributed by atoms with Crippen molar-refractivity contribution in [3.05, 3.63) is 0 Å². The van der Waals surface area contributed by atoms with Crippen molar-refractivity contribution in [2.45, 2.75) is 57.9 Å². The number of nitrogens with zero attached hydrogens (tertiary/aromatic N) is 2. The molecule has 3 atom stereocenters. The number of carbonyl (C=O) groups is 2. The van der Waals surface area contributed by atoms with Crippen molar-refractivity contribution in [1.29, 1.82) is 0 Å². The van der Waals surface area contributed by atoms with E-state index in [1.165, 1.54) is 25.7 Å². The standard InChI is InChI=1S/C16H26N2O2/c1-12-6-2-3-7-13(12)10-17-11-15(19)18-9-5-4-8-14(18)16(17)20/h12-14H,2-11H2,1H3. The van der Waals surface area contributed by atoms with Crippen molar-refractivity contribution >= 4 is 11.8 Å². The van der Waals surface area contributed by atoms with Crippen LogP contribution in [-0.4, -0.2) is 47.3 Å². The van der Waals surface area contributed by atoms with Gasteiger partial charge in [-0.05, 0) is 37.5 Å². The van der Waals surface area contributed by atoms with Gasteiger partial charge in [-0.2, -0.15) is 0 Å². The minimum atomic E-state index is -0.149. The monoisotopic (exact) mass is 278 g/mol. The second-order valence-electron chi connectivity index (χ2n) is 6.84. The minimum absolute atomic E-state index is 0.149. The summed E-state index contributed by atoms with van der Waals surface area (Å²) in [4.78, 5) is 28.5. The van der Waals surface area contributed by atoms with Crippen molar-refractivity contribution < 1.29 is 9.59 Å². The Morgan fingerprint density at radius 1 is 1.05 bits per heavy atom. The number of hydrogen-bond acceptors (Lipinski definition) is 2. The van der Waals surface area contributed by atoms with Gasteiger partial charge in [-0.3, -0.25) is 9.59 Å². The van der Waals surface area contributed by atoms with E-state index in [1.54, 1.807) is 0 Å². The molecule has 4 heteroatoms. The number of carbonyl (C=O) groups excluding carboxylic acids is 2. The van der Waals surface area contributed by atoms with Crippen molar-refractivity contribution in [3.8, 4) is 0 Å². The maximum absolute atomic E-state index is 12.6. The van der Waals surface area contributed by atoms with Crippen LogP contribution >= 0.6 is 0 Å². The molecular weight excluding hydrogens is 252 g/mol. The molecule has 0 N–H and O–H groups in total. The van der Waals surface area contributed by atoms with E-state index < -0.39 is 0 Å². The molecule has 0 bridgehead atoms. The van der Waals surface area contributed by atoms with Gasteiger partial charge in [-0.15, -0.1) is 0 Å². The highest BCUT2D eigenvalue weighted by atomic mass is 16.2. The fourth-order valence-corrected chi connectivity index (χ4v) is 4.13. The Kier molecular flexibility index (Phi) is 3.99. The predicted molar refractivity (Wildman–Crippen MR) is 77.1 cm³/mol. The topological polar surface area (TPSA) is 40.6 Å². The van der Waals surface area contributed by atoms with Gasteiger partial charge in [-0.1, -0.05) is 26.2 Å². The van der Waals surface area contributed by atoms with E-state index in [1.807, 2.05) is 9.80 Å². The molecule has 2 heterocycles. The Balaban J connectivity index is 1.67. The van der Waals surface area contributed by atoms with Crippen molar-refractivity contribution in [2.75, 3.05) is 19.6 Å². The summed E-state index contributed by atoms with van der Waals surface area (Å²) >= 11 is 0. The average Bonchev–Trinajstić information content (AvgIpc) is 2.47. The summed E-state index contributed by atoms with van der Waals surface area (Å²) in [6.07, 6.45) is 8.08. The van der Waals surface area contributed by atoms with Crippen LogP contribution in [0.4, 0.5) is 0 Å². The third-order valence-electron chi connectivity index (χ3n) is 5.49. The number of hydrogen-bond donors (Lipinski definition) is 0. The fraction of sp³-hybridized carbons (Fsp3) is 0.875. The third kappa shape index (κ3) is 2.57. The molecule has 2 amide bonds.